The summed E-state index contributed by atoms with van der Waals surface area (Å²) in [5, 5.41) is 1.77. The van der Waals surface area contributed by atoms with Crippen LogP contribution in [0.15, 0.2) is 41.6 Å². The van der Waals surface area contributed by atoms with Crippen LogP contribution in [0, 0.1) is 0 Å². The van der Waals surface area contributed by atoms with E-state index in [4.69, 9.17) is 4.74 Å². The summed E-state index contributed by atoms with van der Waals surface area (Å²) in [5.74, 6) is 0. The molecule has 1 aromatic rings. The first-order chi connectivity index (χ1) is 11.2. The van der Waals surface area contributed by atoms with Gasteiger partial charge in [-0.05, 0) is 18.4 Å². The first-order valence-electron chi connectivity index (χ1n) is 9.53. The fourth-order valence-electron chi connectivity index (χ4n) is 3.44. The smallest absolute Gasteiger partial charge is 0.0804 e. The maximum absolute atomic E-state index is 5.97. The Balaban J connectivity index is 2.60. The van der Waals surface area contributed by atoms with Gasteiger partial charge in [0.25, 0.3) is 0 Å². The fourth-order valence-corrected chi connectivity index (χ4v) is 7.51. The molecule has 1 nitrogen and oxygen atoms in total. The Morgan fingerprint density at radius 1 is 1.00 bits per heavy atom. The van der Waals surface area contributed by atoms with Gasteiger partial charge in [-0.25, -0.2) is 0 Å². The Kier molecular flexibility index (Phi) is 10.2. The third-order valence-electron chi connectivity index (χ3n) is 5.29. The number of ether oxygens (including phenoxy) is 1. The fraction of sp³-hybridized carbons (Fsp3) is 0.619. The topological polar surface area (TPSA) is 9.23 Å². The molecule has 0 atom stereocenters. The van der Waals surface area contributed by atoms with Gasteiger partial charge >= 0.3 is 0 Å². The monoisotopic (exact) mass is 332 g/mol. The van der Waals surface area contributed by atoms with E-state index in [1.165, 1.54) is 43.0 Å². The van der Waals surface area contributed by atoms with Gasteiger partial charge in [0.1, 0.15) is 0 Å². The molecule has 0 unspecified atom stereocenters. The van der Waals surface area contributed by atoms with Crippen LogP contribution in [0.3, 0.4) is 0 Å². The average molecular weight is 333 g/mol. The van der Waals surface area contributed by atoms with Crippen molar-refractivity contribution in [1.29, 1.82) is 0 Å². The SMILES string of the molecule is CCCC/C=C(/CCOCc1ccccc1)[Si](CC)(CC)CC. The van der Waals surface area contributed by atoms with Crippen LogP contribution in [0.2, 0.25) is 18.1 Å². The zero-order valence-electron chi connectivity index (χ0n) is 15.7. The normalized spacial score (nSPS) is 12.6. The summed E-state index contributed by atoms with van der Waals surface area (Å²) in [6.45, 7) is 11.1. The van der Waals surface area contributed by atoms with Crippen molar-refractivity contribution in [2.45, 2.75) is 78.1 Å². The van der Waals surface area contributed by atoms with Gasteiger partial charge in [-0.1, -0.05) is 100 Å². The third kappa shape index (κ3) is 6.64. The summed E-state index contributed by atoms with van der Waals surface area (Å²) in [4.78, 5) is 0. The zero-order valence-corrected chi connectivity index (χ0v) is 16.7. The lowest BCUT2D eigenvalue weighted by molar-refractivity contribution is 0.124. The van der Waals surface area contributed by atoms with Gasteiger partial charge in [0, 0.05) is 0 Å². The van der Waals surface area contributed by atoms with Gasteiger partial charge in [-0.15, -0.1) is 0 Å². The van der Waals surface area contributed by atoms with Gasteiger partial charge in [0.05, 0.1) is 21.3 Å². The molecule has 2 heteroatoms. The van der Waals surface area contributed by atoms with Crippen LogP contribution in [0.4, 0.5) is 0 Å². The molecular formula is C21H36OSi. The van der Waals surface area contributed by atoms with Crippen LogP contribution < -0.4 is 0 Å². The molecule has 0 aliphatic carbocycles. The second kappa shape index (κ2) is 11.6. The standard InChI is InChI=1S/C21H36OSi/c1-5-9-11-16-21(23(6-2,7-3)8-4)17-18-22-19-20-14-12-10-13-15-20/h10,12-16H,5-9,11,17-19H2,1-4H3/b21-16-. The molecule has 0 saturated heterocycles. The van der Waals surface area contributed by atoms with Gasteiger partial charge in [-0.3, -0.25) is 0 Å². The quantitative estimate of drug-likeness (QED) is 0.303. The van der Waals surface area contributed by atoms with Crippen molar-refractivity contribution >= 4 is 8.07 Å². The summed E-state index contributed by atoms with van der Waals surface area (Å²) >= 11 is 0. The van der Waals surface area contributed by atoms with Crippen molar-refractivity contribution in [1.82, 2.24) is 0 Å². The maximum Gasteiger partial charge on any atom is 0.0804 e. The van der Waals surface area contributed by atoms with Crippen molar-refractivity contribution < 1.29 is 4.74 Å². The number of hydrogen-bond acceptors (Lipinski definition) is 1. The summed E-state index contributed by atoms with van der Waals surface area (Å²) in [6.07, 6.45) is 7.57. The molecular weight excluding hydrogens is 296 g/mol. The molecule has 1 aromatic carbocycles. The van der Waals surface area contributed by atoms with Crippen molar-refractivity contribution in [3.05, 3.63) is 47.2 Å². The highest BCUT2D eigenvalue weighted by atomic mass is 28.3. The largest absolute Gasteiger partial charge is 0.376 e. The lowest BCUT2D eigenvalue weighted by Gasteiger charge is -2.32. The molecule has 1 rings (SSSR count). The van der Waals surface area contributed by atoms with Crippen molar-refractivity contribution in [2.75, 3.05) is 6.61 Å². The lowest BCUT2D eigenvalue weighted by atomic mass is 10.2. The number of allylic oxidation sites excluding steroid dienone is 1. The first kappa shape index (κ1) is 20.2. The van der Waals surface area contributed by atoms with Gasteiger partial charge < -0.3 is 4.74 Å². The summed E-state index contributed by atoms with van der Waals surface area (Å²) < 4.78 is 5.97. The summed E-state index contributed by atoms with van der Waals surface area (Å²) in [6, 6.07) is 14.6. The Morgan fingerprint density at radius 3 is 2.22 bits per heavy atom. The first-order valence-corrected chi connectivity index (χ1v) is 12.2. The van der Waals surface area contributed by atoms with Crippen molar-refractivity contribution in [3.63, 3.8) is 0 Å². The van der Waals surface area contributed by atoms with Crippen LogP contribution in [0.1, 0.15) is 58.9 Å². The van der Waals surface area contributed by atoms with Crippen LogP contribution >= 0.6 is 0 Å². The van der Waals surface area contributed by atoms with Gasteiger partial charge in [0.15, 0.2) is 0 Å². The van der Waals surface area contributed by atoms with E-state index in [1.54, 1.807) is 5.20 Å². The molecule has 0 saturated carbocycles. The van der Waals surface area contributed by atoms with E-state index in [0.717, 1.165) is 19.6 Å². The minimum absolute atomic E-state index is 0.738. The molecule has 0 aliphatic heterocycles. The van der Waals surface area contributed by atoms with Crippen molar-refractivity contribution in [2.24, 2.45) is 0 Å². The average Bonchev–Trinajstić information content (AvgIpc) is 2.61. The van der Waals surface area contributed by atoms with E-state index in [1.807, 2.05) is 0 Å². The molecule has 0 radical (unpaired) electrons. The highest BCUT2D eigenvalue weighted by Crippen LogP contribution is 2.31. The van der Waals surface area contributed by atoms with Crippen LogP contribution in [-0.2, 0) is 11.3 Å². The van der Waals surface area contributed by atoms with E-state index in [9.17, 15) is 0 Å². The Morgan fingerprint density at radius 2 is 1.65 bits per heavy atom. The van der Waals surface area contributed by atoms with Crippen LogP contribution in [-0.4, -0.2) is 14.7 Å². The molecule has 0 spiro atoms. The second-order valence-corrected chi connectivity index (χ2v) is 11.8. The van der Waals surface area contributed by atoms with Crippen molar-refractivity contribution in [3.8, 4) is 0 Å². The van der Waals surface area contributed by atoms with E-state index in [0.29, 0.717) is 0 Å². The maximum atomic E-state index is 5.97. The Hall–Kier alpha value is -0.863. The Bertz CT molecular complexity index is 426. The molecule has 0 amide bonds. The molecule has 0 aromatic heterocycles. The second-order valence-electron chi connectivity index (χ2n) is 6.50. The zero-order chi connectivity index (χ0) is 17.0. The molecule has 0 N–H and O–H groups in total. The van der Waals surface area contributed by atoms with E-state index in [-0.39, 0.29) is 0 Å². The minimum atomic E-state index is -1.24. The van der Waals surface area contributed by atoms with E-state index < -0.39 is 8.07 Å². The summed E-state index contributed by atoms with van der Waals surface area (Å²) in [7, 11) is -1.24. The van der Waals surface area contributed by atoms with Gasteiger partial charge in [0.2, 0.25) is 0 Å². The third-order valence-corrected chi connectivity index (χ3v) is 11.2. The predicted octanol–water partition coefficient (Wildman–Crippen LogP) is 6.76. The van der Waals surface area contributed by atoms with Gasteiger partial charge in [-0.2, -0.15) is 0 Å². The molecule has 23 heavy (non-hydrogen) atoms. The number of unbranched alkanes of at least 4 members (excludes halogenated alkanes) is 2. The summed E-state index contributed by atoms with van der Waals surface area (Å²) in [5.41, 5.74) is 1.27. The lowest BCUT2D eigenvalue weighted by Crippen LogP contribution is -2.35. The van der Waals surface area contributed by atoms with Crippen LogP contribution in [0.5, 0.6) is 0 Å². The van der Waals surface area contributed by atoms with E-state index >= 15 is 0 Å². The highest BCUT2D eigenvalue weighted by molar-refractivity contribution is 6.86. The molecule has 130 valence electrons. The number of rotatable bonds is 12. The number of hydrogen-bond donors (Lipinski definition) is 0. The van der Waals surface area contributed by atoms with E-state index in [2.05, 4.69) is 64.1 Å². The molecule has 0 fully saturated rings. The minimum Gasteiger partial charge on any atom is -0.376 e. The highest BCUT2D eigenvalue weighted by Gasteiger charge is 2.30. The van der Waals surface area contributed by atoms with Crippen LogP contribution in [0.25, 0.3) is 0 Å². The molecule has 0 bridgehead atoms. The predicted molar refractivity (Wildman–Crippen MR) is 106 cm³/mol. The Labute approximate surface area is 145 Å². The molecule has 0 aliphatic rings. The number of benzene rings is 1. The molecule has 0 heterocycles.